The molecule has 0 unspecified atom stereocenters. The van der Waals surface area contributed by atoms with Crippen molar-refractivity contribution in [2.24, 2.45) is 0 Å². The maximum absolute atomic E-state index is 13.0. The summed E-state index contributed by atoms with van der Waals surface area (Å²) in [5.41, 5.74) is 1.26. The Balaban J connectivity index is 0.00000380. The van der Waals surface area contributed by atoms with Crippen molar-refractivity contribution in [2.75, 3.05) is 56.7 Å². The fourth-order valence-corrected chi connectivity index (χ4v) is 4.07. The highest BCUT2D eigenvalue weighted by Gasteiger charge is 2.30. The third-order valence-electron chi connectivity index (χ3n) is 6.07. The van der Waals surface area contributed by atoms with Gasteiger partial charge in [-0.05, 0) is 54.6 Å². The zero-order valence-corrected chi connectivity index (χ0v) is 21.1. The number of ether oxygens (including phenoxy) is 2. The largest absolute Gasteiger partial charge is 0.497 e. The molecule has 6 nitrogen and oxygen atoms in total. The predicted octanol–water partition coefficient (Wildman–Crippen LogP) is 5.86. The van der Waals surface area contributed by atoms with Gasteiger partial charge in [-0.1, -0.05) is 18.2 Å². The molecule has 3 aromatic rings. The molecular weight excluding hydrogens is 507 g/mol. The Bertz CT molecular complexity index is 1170. The van der Waals surface area contributed by atoms with E-state index in [1.807, 2.05) is 24.3 Å². The number of piperazine rings is 1. The first-order valence-corrected chi connectivity index (χ1v) is 11.7. The van der Waals surface area contributed by atoms with E-state index in [-0.39, 0.29) is 30.3 Å². The highest BCUT2D eigenvalue weighted by atomic mass is 35.5. The summed E-state index contributed by atoms with van der Waals surface area (Å²) in [5, 5.41) is 2.91. The van der Waals surface area contributed by atoms with Crippen molar-refractivity contribution in [3.05, 3.63) is 83.9 Å². The topological polar surface area (TPSA) is 54.0 Å². The lowest BCUT2D eigenvalue weighted by Crippen LogP contribution is -2.47. The molecular formula is C27H29ClF3N3O3. The molecule has 0 bridgehead atoms. The van der Waals surface area contributed by atoms with Crippen LogP contribution >= 0.6 is 12.4 Å². The smallest absolute Gasteiger partial charge is 0.416 e. The average Bonchev–Trinajstić information content (AvgIpc) is 2.89. The van der Waals surface area contributed by atoms with Crippen molar-refractivity contribution in [1.29, 1.82) is 0 Å². The first-order chi connectivity index (χ1) is 17.3. The second kappa shape index (κ2) is 12.7. The Kier molecular flexibility index (Phi) is 9.66. The van der Waals surface area contributed by atoms with E-state index in [4.69, 9.17) is 9.47 Å². The molecule has 10 heteroatoms. The fourth-order valence-electron chi connectivity index (χ4n) is 4.07. The van der Waals surface area contributed by atoms with Crippen LogP contribution in [0.25, 0.3) is 0 Å². The molecule has 1 fully saturated rings. The third-order valence-corrected chi connectivity index (χ3v) is 6.07. The lowest BCUT2D eigenvalue weighted by molar-refractivity contribution is -0.137. The summed E-state index contributed by atoms with van der Waals surface area (Å²) in [6, 6.07) is 19.4. The summed E-state index contributed by atoms with van der Waals surface area (Å²) in [5.74, 6) is 0.299. The van der Waals surface area contributed by atoms with Crippen LogP contribution in [-0.2, 0) is 10.9 Å². The molecule has 1 heterocycles. The van der Waals surface area contributed by atoms with Crippen LogP contribution in [0.2, 0.25) is 0 Å². The highest BCUT2D eigenvalue weighted by molar-refractivity contribution is 5.96. The number of rotatable bonds is 8. The van der Waals surface area contributed by atoms with Crippen LogP contribution in [0.3, 0.4) is 0 Å². The third kappa shape index (κ3) is 7.53. The monoisotopic (exact) mass is 535 g/mol. The molecule has 0 amide bonds. The van der Waals surface area contributed by atoms with Crippen LogP contribution in [0.1, 0.15) is 15.9 Å². The van der Waals surface area contributed by atoms with E-state index in [1.54, 1.807) is 31.4 Å². The molecule has 3 aromatic carbocycles. The van der Waals surface area contributed by atoms with Gasteiger partial charge in [0.05, 0.1) is 23.9 Å². The molecule has 0 atom stereocenters. The molecule has 37 heavy (non-hydrogen) atoms. The molecule has 1 N–H and O–H groups in total. The zero-order chi connectivity index (χ0) is 25.5. The van der Waals surface area contributed by atoms with Crippen LogP contribution in [-0.4, -0.2) is 57.3 Å². The highest BCUT2D eigenvalue weighted by Crippen LogP contribution is 2.32. The molecule has 0 radical (unpaired) electrons. The van der Waals surface area contributed by atoms with Gasteiger partial charge in [-0.25, -0.2) is 4.79 Å². The predicted molar refractivity (Wildman–Crippen MR) is 140 cm³/mol. The quantitative estimate of drug-likeness (QED) is 0.365. The number of nitrogens with zero attached hydrogens (tertiary/aromatic N) is 2. The Morgan fingerprint density at radius 3 is 2.32 bits per heavy atom. The maximum atomic E-state index is 13.0. The van der Waals surface area contributed by atoms with Gasteiger partial charge < -0.3 is 19.7 Å². The van der Waals surface area contributed by atoms with Gasteiger partial charge in [0.15, 0.2) is 0 Å². The van der Waals surface area contributed by atoms with Gasteiger partial charge in [-0.3, -0.25) is 4.90 Å². The number of methoxy groups -OCH3 is 1. The number of esters is 1. The number of benzene rings is 3. The van der Waals surface area contributed by atoms with E-state index in [9.17, 15) is 18.0 Å². The Hall–Kier alpha value is -3.43. The molecule has 1 aliphatic heterocycles. The fraction of sp³-hybridized carbons (Fsp3) is 0.296. The van der Waals surface area contributed by atoms with E-state index in [2.05, 4.69) is 15.1 Å². The van der Waals surface area contributed by atoms with Gasteiger partial charge in [0, 0.05) is 44.1 Å². The van der Waals surface area contributed by atoms with Crippen molar-refractivity contribution in [2.45, 2.75) is 6.18 Å². The second-order valence-corrected chi connectivity index (χ2v) is 8.41. The van der Waals surface area contributed by atoms with Gasteiger partial charge in [0.25, 0.3) is 0 Å². The van der Waals surface area contributed by atoms with Gasteiger partial charge in [-0.2, -0.15) is 13.2 Å². The minimum Gasteiger partial charge on any atom is -0.497 e. The van der Waals surface area contributed by atoms with E-state index in [0.29, 0.717) is 12.2 Å². The SMILES string of the molecule is COc1ccc(N2CCN(CCOC(=O)c3ccccc3Nc3cccc(C(F)(F)F)c3)CC2)cc1.Cl. The average molecular weight is 536 g/mol. The molecule has 0 aromatic heterocycles. The second-order valence-electron chi connectivity index (χ2n) is 8.41. The van der Waals surface area contributed by atoms with E-state index in [1.165, 1.54) is 12.1 Å². The van der Waals surface area contributed by atoms with Crippen LogP contribution < -0.4 is 15.0 Å². The normalized spacial score (nSPS) is 14.0. The number of nitrogens with one attached hydrogen (secondary N) is 1. The molecule has 198 valence electrons. The number of hydrogen-bond donors (Lipinski definition) is 1. The van der Waals surface area contributed by atoms with E-state index >= 15 is 0 Å². The standard InChI is InChI=1S/C27H28F3N3O3.ClH/c1-35-23-11-9-22(10-12-23)33-15-13-32(14-16-33)17-18-36-26(34)24-7-2-3-8-25(24)31-21-6-4-5-20(19-21)27(28,29)30;/h2-12,19,31H,13-18H2,1H3;1H. The Morgan fingerprint density at radius 2 is 1.65 bits per heavy atom. The number of carbonyl (C=O) groups is 1. The minimum absolute atomic E-state index is 0. The van der Waals surface area contributed by atoms with Crippen LogP contribution in [0.5, 0.6) is 5.75 Å². The molecule has 4 rings (SSSR count). The lowest BCUT2D eigenvalue weighted by atomic mass is 10.1. The summed E-state index contributed by atoms with van der Waals surface area (Å²) < 4.78 is 49.8. The molecule has 0 saturated carbocycles. The van der Waals surface area contributed by atoms with Gasteiger partial charge in [-0.15, -0.1) is 12.4 Å². The summed E-state index contributed by atoms with van der Waals surface area (Å²) >= 11 is 0. The number of halogens is 4. The lowest BCUT2D eigenvalue weighted by Gasteiger charge is -2.36. The number of anilines is 3. The number of para-hydroxylation sites is 1. The zero-order valence-electron chi connectivity index (χ0n) is 20.3. The maximum Gasteiger partial charge on any atom is 0.416 e. The number of carbonyl (C=O) groups excluding carboxylic acids is 1. The Morgan fingerprint density at radius 1 is 0.946 bits per heavy atom. The van der Waals surface area contributed by atoms with Crippen molar-refractivity contribution in [3.63, 3.8) is 0 Å². The summed E-state index contributed by atoms with van der Waals surface area (Å²) in [6.07, 6.45) is -4.45. The van der Waals surface area contributed by atoms with E-state index in [0.717, 1.165) is 49.7 Å². The van der Waals surface area contributed by atoms with Crippen molar-refractivity contribution < 1.29 is 27.4 Å². The van der Waals surface area contributed by atoms with Gasteiger partial charge in [0.1, 0.15) is 12.4 Å². The van der Waals surface area contributed by atoms with Crippen LogP contribution in [0.4, 0.5) is 30.2 Å². The van der Waals surface area contributed by atoms with Crippen molar-refractivity contribution in [3.8, 4) is 5.75 Å². The van der Waals surface area contributed by atoms with E-state index < -0.39 is 17.7 Å². The molecule has 0 spiro atoms. The molecule has 1 saturated heterocycles. The van der Waals surface area contributed by atoms with Gasteiger partial charge >= 0.3 is 12.1 Å². The number of hydrogen-bond acceptors (Lipinski definition) is 6. The van der Waals surface area contributed by atoms with Crippen molar-refractivity contribution >= 4 is 35.4 Å². The Labute approximate surface area is 220 Å². The molecule has 1 aliphatic rings. The summed E-state index contributed by atoms with van der Waals surface area (Å²) in [7, 11) is 1.64. The first-order valence-electron chi connectivity index (χ1n) is 11.7. The first kappa shape index (κ1) is 28.1. The minimum atomic E-state index is -4.45. The number of alkyl halides is 3. The van der Waals surface area contributed by atoms with Crippen LogP contribution in [0, 0.1) is 0 Å². The molecule has 0 aliphatic carbocycles. The van der Waals surface area contributed by atoms with Crippen LogP contribution in [0.15, 0.2) is 72.8 Å². The summed E-state index contributed by atoms with van der Waals surface area (Å²) in [6.45, 7) is 4.24. The van der Waals surface area contributed by atoms with Gasteiger partial charge in [0.2, 0.25) is 0 Å². The van der Waals surface area contributed by atoms with Crippen molar-refractivity contribution in [1.82, 2.24) is 4.90 Å². The summed E-state index contributed by atoms with van der Waals surface area (Å²) in [4.78, 5) is 17.3.